The fraction of sp³-hybridized carbons (Fsp3) is 0.286. The molecule has 0 atom stereocenters. The summed E-state index contributed by atoms with van der Waals surface area (Å²) in [6.07, 6.45) is 1.04. The van der Waals surface area contributed by atoms with Crippen LogP contribution in [0.2, 0.25) is 0 Å². The minimum absolute atomic E-state index is 0.0526. The molecule has 4 rings (SSSR count). The Kier molecular flexibility index (Phi) is 3.85. The maximum absolute atomic E-state index is 11.8. The molecule has 1 amide bonds. The number of fused-ring (bicyclic) bond motifs is 3. The molecule has 0 radical (unpaired) electrons. The Morgan fingerprint density at radius 1 is 1.12 bits per heavy atom. The average Bonchev–Trinajstić information content (AvgIpc) is 2.94. The van der Waals surface area contributed by atoms with Gasteiger partial charge in [-0.25, -0.2) is 0 Å². The topological polar surface area (TPSA) is 37.3 Å². The van der Waals surface area contributed by atoms with Gasteiger partial charge in [-0.15, -0.1) is 0 Å². The van der Waals surface area contributed by atoms with E-state index in [1.807, 2.05) is 24.3 Å². The lowest BCUT2D eigenvalue weighted by Gasteiger charge is -2.24. The number of nitrogens with zero attached hydrogens (tertiary/aromatic N) is 2. The Morgan fingerprint density at radius 3 is 2.60 bits per heavy atom. The zero-order chi connectivity index (χ0) is 17.6. The molecule has 0 fully saturated rings. The quantitative estimate of drug-likeness (QED) is 0.781. The number of nitrogens with one attached hydrogen (secondary N) is 1. The fourth-order valence-electron chi connectivity index (χ4n) is 3.81. The second kappa shape index (κ2) is 6.05. The van der Waals surface area contributed by atoms with Crippen LogP contribution in [0.5, 0.6) is 0 Å². The fourth-order valence-corrected chi connectivity index (χ4v) is 3.81. The highest BCUT2D eigenvalue weighted by atomic mass is 16.1. The van der Waals surface area contributed by atoms with Crippen molar-refractivity contribution in [2.45, 2.75) is 19.9 Å². The van der Waals surface area contributed by atoms with Gasteiger partial charge in [-0.05, 0) is 55.9 Å². The van der Waals surface area contributed by atoms with Crippen LogP contribution in [0.1, 0.15) is 27.2 Å². The molecule has 0 unspecified atom stereocenters. The number of rotatable bonds is 2. The lowest BCUT2D eigenvalue weighted by molar-refractivity contribution is 0.0963. The van der Waals surface area contributed by atoms with Crippen molar-refractivity contribution in [1.82, 2.24) is 14.8 Å². The second-order valence-electron chi connectivity index (χ2n) is 6.90. The second-order valence-corrected chi connectivity index (χ2v) is 6.90. The summed E-state index contributed by atoms with van der Waals surface area (Å²) in [6.45, 7) is 4.20. The van der Waals surface area contributed by atoms with E-state index in [9.17, 15) is 4.79 Å². The summed E-state index contributed by atoms with van der Waals surface area (Å²) in [5, 5.41) is 4.02. The molecule has 1 N–H and O–H groups in total. The highest BCUT2D eigenvalue weighted by Crippen LogP contribution is 2.33. The molecule has 3 aromatic rings. The minimum atomic E-state index is -0.0526. The number of hydrogen-bond acceptors (Lipinski definition) is 2. The molecular formula is C21H23N3O. The smallest absolute Gasteiger partial charge is 0.251 e. The molecule has 128 valence electrons. The SMILES string of the molecule is CNC(=O)c1ccc(-n2c3c(c4cc(C)ccc42)CN(C)CC3)cc1. The van der Waals surface area contributed by atoms with Crippen LogP contribution in [-0.2, 0) is 13.0 Å². The normalized spacial score (nSPS) is 14.5. The van der Waals surface area contributed by atoms with Crippen LogP contribution in [0.15, 0.2) is 42.5 Å². The third kappa shape index (κ3) is 2.63. The van der Waals surface area contributed by atoms with Gasteiger partial charge in [-0.1, -0.05) is 11.6 Å². The van der Waals surface area contributed by atoms with E-state index in [-0.39, 0.29) is 5.91 Å². The van der Waals surface area contributed by atoms with E-state index >= 15 is 0 Å². The summed E-state index contributed by atoms with van der Waals surface area (Å²) >= 11 is 0. The van der Waals surface area contributed by atoms with Gasteiger partial charge in [0.1, 0.15) is 0 Å². The van der Waals surface area contributed by atoms with Crippen LogP contribution >= 0.6 is 0 Å². The van der Waals surface area contributed by atoms with Gasteiger partial charge < -0.3 is 14.8 Å². The van der Waals surface area contributed by atoms with Crippen molar-refractivity contribution in [2.75, 3.05) is 20.6 Å². The number of aryl methyl sites for hydroxylation is 1. The summed E-state index contributed by atoms with van der Waals surface area (Å²) in [5.41, 5.74) is 7.17. The van der Waals surface area contributed by atoms with E-state index in [0.29, 0.717) is 5.56 Å². The van der Waals surface area contributed by atoms with Gasteiger partial charge in [0.2, 0.25) is 0 Å². The molecule has 0 aliphatic carbocycles. The van der Waals surface area contributed by atoms with Gasteiger partial charge in [0, 0.05) is 48.9 Å². The largest absolute Gasteiger partial charge is 0.355 e. The predicted octanol–water partition coefficient (Wildman–Crippen LogP) is 3.29. The van der Waals surface area contributed by atoms with Crippen molar-refractivity contribution >= 4 is 16.8 Å². The van der Waals surface area contributed by atoms with Gasteiger partial charge in [0.25, 0.3) is 5.91 Å². The number of carbonyl (C=O) groups excluding carboxylic acids is 1. The average molecular weight is 333 g/mol. The molecule has 0 saturated heterocycles. The number of benzene rings is 2. The molecule has 1 aliphatic heterocycles. The third-order valence-electron chi connectivity index (χ3n) is 5.11. The highest BCUT2D eigenvalue weighted by molar-refractivity contribution is 5.94. The van der Waals surface area contributed by atoms with E-state index in [0.717, 1.165) is 25.2 Å². The summed E-state index contributed by atoms with van der Waals surface area (Å²) in [4.78, 5) is 14.2. The standard InChI is InChI=1S/C21H23N3O/c1-14-4-9-19-17(12-14)18-13-23(3)11-10-20(18)24(19)16-7-5-15(6-8-16)21(25)22-2/h4-9,12H,10-11,13H2,1-3H3,(H,22,25). The van der Waals surface area contributed by atoms with Crippen molar-refractivity contribution in [3.8, 4) is 5.69 Å². The Morgan fingerprint density at radius 2 is 1.88 bits per heavy atom. The monoisotopic (exact) mass is 333 g/mol. The van der Waals surface area contributed by atoms with E-state index in [2.05, 4.69) is 47.0 Å². The van der Waals surface area contributed by atoms with Gasteiger partial charge in [-0.3, -0.25) is 4.79 Å². The summed E-state index contributed by atoms with van der Waals surface area (Å²) in [7, 11) is 3.84. The van der Waals surface area contributed by atoms with Crippen molar-refractivity contribution < 1.29 is 4.79 Å². The van der Waals surface area contributed by atoms with Crippen molar-refractivity contribution in [2.24, 2.45) is 0 Å². The Labute approximate surface area is 148 Å². The first-order chi connectivity index (χ1) is 12.1. The van der Waals surface area contributed by atoms with E-state index in [4.69, 9.17) is 0 Å². The molecule has 4 heteroatoms. The van der Waals surface area contributed by atoms with Crippen LogP contribution < -0.4 is 5.32 Å². The first-order valence-electron chi connectivity index (χ1n) is 8.72. The number of carbonyl (C=O) groups is 1. The summed E-state index contributed by atoms with van der Waals surface area (Å²) < 4.78 is 2.37. The highest BCUT2D eigenvalue weighted by Gasteiger charge is 2.23. The van der Waals surface area contributed by atoms with Gasteiger partial charge in [0.15, 0.2) is 0 Å². The summed E-state index contributed by atoms with van der Waals surface area (Å²) in [6, 6.07) is 14.6. The maximum Gasteiger partial charge on any atom is 0.251 e. The first kappa shape index (κ1) is 15.9. The molecule has 0 bridgehead atoms. The molecule has 2 heterocycles. The van der Waals surface area contributed by atoms with Crippen molar-refractivity contribution in [1.29, 1.82) is 0 Å². The van der Waals surface area contributed by atoms with Crippen LogP contribution in [0.3, 0.4) is 0 Å². The number of amides is 1. The van der Waals surface area contributed by atoms with E-state index in [1.54, 1.807) is 7.05 Å². The third-order valence-corrected chi connectivity index (χ3v) is 5.11. The van der Waals surface area contributed by atoms with Crippen LogP contribution in [0, 0.1) is 6.92 Å². The number of aromatic nitrogens is 1. The number of likely N-dealkylation sites (N-methyl/N-ethyl adjacent to an activating group) is 1. The minimum Gasteiger partial charge on any atom is -0.355 e. The zero-order valence-corrected chi connectivity index (χ0v) is 15.0. The van der Waals surface area contributed by atoms with Gasteiger partial charge in [0.05, 0.1) is 5.52 Å². The van der Waals surface area contributed by atoms with Crippen LogP contribution in [0.25, 0.3) is 16.6 Å². The van der Waals surface area contributed by atoms with Gasteiger partial charge in [-0.2, -0.15) is 0 Å². The molecule has 1 aliphatic rings. The van der Waals surface area contributed by atoms with Crippen LogP contribution in [0.4, 0.5) is 0 Å². The Bertz CT molecular complexity index is 953. The molecule has 0 spiro atoms. The molecule has 0 saturated carbocycles. The molecule has 25 heavy (non-hydrogen) atoms. The Hall–Kier alpha value is -2.59. The predicted molar refractivity (Wildman–Crippen MR) is 101 cm³/mol. The molecule has 2 aromatic carbocycles. The number of hydrogen-bond donors (Lipinski definition) is 1. The van der Waals surface area contributed by atoms with Crippen molar-refractivity contribution in [3.05, 3.63) is 64.8 Å². The van der Waals surface area contributed by atoms with E-state index in [1.165, 1.54) is 27.7 Å². The lowest BCUT2D eigenvalue weighted by atomic mass is 10.0. The molecule has 1 aromatic heterocycles. The van der Waals surface area contributed by atoms with Gasteiger partial charge >= 0.3 is 0 Å². The van der Waals surface area contributed by atoms with E-state index < -0.39 is 0 Å². The van der Waals surface area contributed by atoms with Crippen LogP contribution in [-0.4, -0.2) is 36.0 Å². The maximum atomic E-state index is 11.8. The zero-order valence-electron chi connectivity index (χ0n) is 15.0. The molecule has 4 nitrogen and oxygen atoms in total. The Balaban J connectivity index is 1.91. The summed E-state index contributed by atoms with van der Waals surface area (Å²) in [5.74, 6) is -0.0526. The first-order valence-corrected chi connectivity index (χ1v) is 8.72. The lowest BCUT2D eigenvalue weighted by Crippen LogP contribution is -2.27. The van der Waals surface area contributed by atoms with Crippen molar-refractivity contribution in [3.63, 3.8) is 0 Å². The molecular weight excluding hydrogens is 310 g/mol.